The van der Waals surface area contributed by atoms with E-state index in [1.54, 1.807) is 0 Å². The van der Waals surface area contributed by atoms with Gasteiger partial charge in [0.25, 0.3) is 0 Å². The summed E-state index contributed by atoms with van der Waals surface area (Å²) >= 11 is -2.74. The first-order chi connectivity index (χ1) is 15.7. The molecule has 0 saturated heterocycles. The highest BCUT2D eigenvalue weighted by Crippen LogP contribution is 2.28. The van der Waals surface area contributed by atoms with E-state index in [-0.39, 0.29) is 0 Å². The zero-order valence-electron chi connectivity index (χ0n) is 17.9. The smallest absolute Gasteiger partial charge is 0.577 e. The summed E-state index contributed by atoms with van der Waals surface area (Å²) < 4.78 is 19.0. The highest BCUT2D eigenvalue weighted by atomic mass is 27.3. The fraction of sp³-hybridized carbons (Fsp3) is 0.0769. The first-order valence-electron chi connectivity index (χ1n) is 10.4. The number of para-hydroxylation sites is 3. The molecule has 0 spiro atoms. The quantitative estimate of drug-likeness (QED) is 0.309. The fourth-order valence-corrected chi connectivity index (χ4v) is 4.83. The van der Waals surface area contributed by atoms with Gasteiger partial charge in [-0.3, -0.25) is 0 Å². The fourth-order valence-electron chi connectivity index (χ4n) is 3.51. The second-order valence-electron chi connectivity index (χ2n) is 7.52. The minimum Gasteiger partial charge on any atom is -0.577 e. The number of aromatic nitrogens is 2. The van der Waals surface area contributed by atoms with Crippen LogP contribution in [0.5, 0.6) is 17.2 Å². The number of fused-ring (bicyclic) bond motifs is 2. The van der Waals surface area contributed by atoms with Crippen LogP contribution in [-0.2, 0) is 0 Å². The molecule has 2 heterocycles. The molecule has 5 rings (SSSR count). The van der Waals surface area contributed by atoms with Crippen LogP contribution in [0.2, 0.25) is 0 Å². The summed E-state index contributed by atoms with van der Waals surface area (Å²) in [7, 11) is 0. The molecule has 0 saturated carbocycles. The van der Waals surface area contributed by atoms with Crippen molar-refractivity contribution in [3.8, 4) is 17.2 Å². The van der Waals surface area contributed by atoms with Crippen molar-refractivity contribution in [3.63, 3.8) is 0 Å². The van der Waals surface area contributed by atoms with Crippen LogP contribution in [0, 0.1) is 13.8 Å². The van der Waals surface area contributed by atoms with Gasteiger partial charge in [0, 0.05) is 22.2 Å². The van der Waals surface area contributed by atoms with Crippen molar-refractivity contribution in [1.82, 2.24) is 9.97 Å². The Morgan fingerprint density at radius 3 is 1.59 bits per heavy atom. The van der Waals surface area contributed by atoms with Crippen LogP contribution >= 0.6 is 0 Å². The highest BCUT2D eigenvalue weighted by molar-refractivity contribution is 6.40. The van der Waals surface area contributed by atoms with Gasteiger partial charge in [0.15, 0.2) is 0 Å². The van der Waals surface area contributed by atoms with Crippen LogP contribution in [0.4, 0.5) is 0 Å². The first-order valence-corrected chi connectivity index (χ1v) is 11.8. The molecule has 6 heteroatoms. The van der Waals surface area contributed by atoms with Crippen LogP contribution in [0.25, 0.3) is 21.8 Å². The maximum atomic E-state index is 6.37. The Bertz CT molecular complexity index is 1310. The number of nitrogens with zero attached hydrogens (tertiary/aromatic N) is 2. The maximum absolute atomic E-state index is 6.37. The first kappa shape index (κ1) is 20.3. The standard InChI is InChI=1S/2C10H9NO.C6H6O.Al/c2*1-7-5-6-8-3-2-4-9(12)10(8)11-7;7-6-4-2-1-3-5-6;/h2*2-6,12H,1H3;1-5,7H;/q;;;+3/p-3. The average Bonchev–Trinajstić information content (AvgIpc) is 2.80. The number of pyridine rings is 2. The molecule has 2 aromatic heterocycles. The van der Waals surface area contributed by atoms with Gasteiger partial charge in [-0.1, -0.05) is 54.6 Å². The summed E-state index contributed by atoms with van der Waals surface area (Å²) in [4.78, 5) is 9.36. The van der Waals surface area contributed by atoms with Gasteiger partial charge in [-0.25, -0.2) is 9.97 Å². The molecule has 32 heavy (non-hydrogen) atoms. The SMILES string of the molecule is Cc1ccc2cccc([O][Al]([O]c3ccccc3)[O]c3cccc4ccc(C)nc34)c2n1. The van der Waals surface area contributed by atoms with Crippen molar-refractivity contribution < 1.29 is 11.4 Å². The van der Waals surface area contributed by atoms with Crippen molar-refractivity contribution in [2.75, 3.05) is 0 Å². The maximum Gasteiger partial charge on any atom is 1.20 e. The Morgan fingerprint density at radius 1 is 0.531 bits per heavy atom. The van der Waals surface area contributed by atoms with Crippen LogP contribution in [-0.4, -0.2) is 25.1 Å². The molecule has 0 aliphatic carbocycles. The van der Waals surface area contributed by atoms with Crippen molar-refractivity contribution >= 4 is 37.0 Å². The molecule has 0 N–H and O–H groups in total. The monoisotopic (exact) mass is 436 g/mol. The average molecular weight is 436 g/mol. The summed E-state index contributed by atoms with van der Waals surface area (Å²) in [6, 6.07) is 29.4. The van der Waals surface area contributed by atoms with Crippen molar-refractivity contribution in [2.24, 2.45) is 0 Å². The molecule has 5 aromatic rings. The molecule has 0 bridgehead atoms. The van der Waals surface area contributed by atoms with Crippen LogP contribution in [0.1, 0.15) is 11.4 Å². The third-order valence-electron chi connectivity index (χ3n) is 5.07. The lowest BCUT2D eigenvalue weighted by Gasteiger charge is -2.18. The van der Waals surface area contributed by atoms with Gasteiger partial charge in [-0.2, -0.15) is 0 Å². The molecule has 0 unspecified atom stereocenters. The third kappa shape index (κ3) is 4.38. The van der Waals surface area contributed by atoms with Crippen molar-refractivity contribution in [2.45, 2.75) is 13.8 Å². The van der Waals surface area contributed by atoms with Crippen LogP contribution in [0.3, 0.4) is 0 Å². The zero-order valence-corrected chi connectivity index (χ0v) is 19.0. The van der Waals surface area contributed by atoms with Gasteiger partial charge in [0.2, 0.25) is 0 Å². The van der Waals surface area contributed by atoms with E-state index in [0.717, 1.165) is 33.2 Å². The molecule has 0 fully saturated rings. The van der Waals surface area contributed by atoms with E-state index in [0.29, 0.717) is 17.2 Å². The van der Waals surface area contributed by atoms with Gasteiger partial charge >= 0.3 is 15.1 Å². The number of hydrogen-bond donors (Lipinski definition) is 0. The molecule has 0 amide bonds. The van der Waals surface area contributed by atoms with Crippen LogP contribution in [0.15, 0.2) is 91.0 Å². The van der Waals surface area contributed by atoms with E-state index in [4.69, 9.17) is 11.4 Å². The summed E-state index contributed by atoms with van der Waals surface area (Å²) in [6.07, 6.45) is 0. The molecule has 3 aromatic carbocycles. The molecular weight excluding hydrogens is 415 g/mol. The summed E-state index contributed by atoms with van der Waals surface area (Å²) in [5, 5.41) is 2.01. The zero-order chi connectivity index (χ0) is 21.9. The Kier molecular flexibility index (Phi) is 5.64. The highest BCUT2D eigenvalue weighted by Gasteiger charge is 2.45. The third-order valence-corrected chi connectivity index (χ3v) is 6.42. The molecule has 5 nitrogen and oxygen atoms in total. The molecule has 156 valence electrons. The molecule has 0 aliphatic heterocycles. The van der Waals surface area contributed by atoms with E-state index in [1.807, 2.05) is 105 Å². The lowest BCUT2D eigenvalue weighted by Crippen LogP contribution is -2.37. The van der Waals surface area contributed by atoms with Gasteiger partial charge in [-0.15, -0.1) is 0 Å². The van der Waals surface area contributed by atoms with Crippen molar-refractivity contribution in [1.29, 1.82) is 0 Å². The Morgan fingerprint density at radius 2 is 1.06 bits per heavy atom. The van der Waals surface area contributed by atoms with Gasteiger partial charge < -0.3 is 11.4 Å². The van der Waals surface area contributed by atoms with E-state index < -0.39 is 15.1 Å². The second-order valence-corrected chi connectivity index (χ2v) is 8.80. The van der Waals surface area contributed by atoms with Gasteiger partial charge in [-0.05, 0) is 50.2 Å². The largest absolute Gasteiger partial charge is 1.20 e. The van der Waals surface area contributed by atoms with Crippen LogP contribution < -0.4 is 11.4 Å². The van der Waals surface area contributed by atoms with Gasteiger partial charge in [0.05, 0.1) is 5.75 Å². The molecule has 0 radical (unpaired) electrons. The minimum atomic E-state index is -2.74. The lowest BCUT2D eigenvalue weighted by atomic mass is 10.2. The summed E-state index contributed by atoms with van der Waals surface area (Å²) in [5.74, 6) is 1.98. The number of rotatable bonds is 6. The lowest BCUT2D eigenvalue weighted by molar-refractivity contribution is 0.310. The summed E-state index contributed by atoms with van der Waals surface area (Å²) in [6.45, 7) is 3.93. The second kappa shape index (κ2) is 8.88. The van der Waals surface area contributed by atoms with E-state index in [9.17, 15) is 0 Å². The van der Waals surface area contributed by atoms with Gasteiger partial charge in [0.1, 0.15) is 22.5 Å². The molecule has 0 atom stereocenters. The normalized spacial score (nSPS) is 10.8. The van der Waals surface area contributed by atoms with Crippen molar-refractivity contribution in [3.05, 3.63) is 102 Å². The van der Waals surface area contributed by atoms with E-state index >= 15 is 0 Å². The molecular formula is C26H21AlN2O3. The Hall–Kier alpha value is -3.59. The predicted octanol–water partition coefficient (Wildman–Crippen LogP) is 5.92. The number of benzene rings is 3. The Labute approximate surface area is 191 Å². The van der Waals surface area contributed by atoms with E-state index in [1.165, 1.54) is 0 Å². The predicted molar refractivity (Wildman–Crippen MR) is 127 cm³/mol. The Balaban J connectivity index is 1.54. The summed E-state index contributed by atoms with van der Waals surface area (Å²) in [5.41, 5.74) is 3.42. The minimum absolute atomic E-state index is 0.642. The topological polar surface area (TPSA) is 53.5 Å². The molecule has 0 aliphatic rings. The van der Waals surface area contributed by atoms with E-state index in [2.05, 4.69) is 9.97 Å². The number of aryl methyl sites for hydroxylation is 2. The number of hydrogen-bond acceptors (Lipinski definition) is 5.